The fourth-order valence-corrected chi connectivity index (χ4v) is 2.47. The van der Waals surface area contributed by atoms with Gasteiger partial charge in [-0.05, 0) is 26.0 Å². The van der Waals surface area contributed by atoms with Crippen LogP contribution < -0.4 is 5.32 Å². The lowest BCUT2D eigenvalue weighted by Gasteiger charge is -2.25. The standard InChI is InChI=1S/C16H20N2O3S/c1-11-18-14(8-22-11)12-4-6-13(7-5-12)15(20)17-9-16(2,10-19)21-3/h4-8,19H,9-10H2,1-3H3,(H,17,20). The molecule has 1 amide bonds. The molecule has 118 valence electrons. The molecule has 2 N–H and O–H groups in total. The molecule has 6 heteroatoms. The number of nitrogens with zero attached hydrogens (tertiary/aromatic N) is 1. The summed E-state index contributed by atoms with van der Waals surface area (Å²) in [5, 5.41) is 15.0. The van der Waals surface area contributed by atoms with Gasteiger partial charge in [0.15, 0.2) is 0 Å². The number of methoxy groups -OCH3 is 1. The van der Waals surface area contributed by atoms with Crippen molar-refractivity contribution in [3.8, 4) is 11.3 Å². The summed E-state index contributed by atoms with van der Waals surface area (Å²) in [7, 11) is 1.51. The SMILES string of the molecule is COC(C)(CO)CNC(=O)c1ccc(-c2csc(C)n2)cc1. The maximum atomic E-state index is 12.1. The van der Waals surface area contributed by atoms with Gasteiger partial charge in [-0.25, -0.2) is 4.98 Å². The second-order valence-electron chi connectivity index (χ2n) is 5.32. The minimum absolute atomic E-state index is 0.161. The van der Waals surface area contributed by atoms with Gasteiger partial charge < -0.3 is 15.2 Å². The van der Waals surface area contributed by atoms with Crippen LogP contribution in [0, 0.1) is 6.92 Å². The number of carbonyl (C=O) groups is 1. The van der Waals surface area contributed by atoms with E-state index in [0.29, 0.717) is 5.56 Å². The van der Waals surface area contributed by atoms with Crippen LogP contribution in [-0.2, 0) is 4.74 Å². The Bertz CT molecular complexity index is 633. The number of rotatable bonds is 6. The van der Waals surface area contributed by atoms with Crippen molar-refractivity contribution in [3.05, 3.63) is 40.2 Å². The van der Waals surface area contributed by atoms with E-state index in [1.807, 2.05) is 24.4 Å². The zero-order valence-electron chi connectivity index (χ0n) is 12.9. The Kier molecular flexibility index (Phi) is 5.28. The fourth-order valence-electron chi connectivity index (χ4n) is 1.85. The van der Waals surface area contributed by atoms with Crippen LogP contribution in [-0.4, -0.2) is 41.9 Å². The van der Waals surface area contributed by atoms with E-state index in [0.717, 1.165) is 16.3 Å². The van der Waals surface area contributed by atoms with Crippen LogP contribution >= 0.6 is 11.3 Å². The molecule has 0 aliphatic heterocycles. The molecular formula is C16H20N2O3S. The van der Waals surface area contributed by atoms with Gasteiger partial charge >= 0.3 is 0 Å². The first-order valence-corrected chi connectivity index (χ1v) is 7.82. The summed E-state index contributed by atoms with van der Waals surface area (Å²) in [5.74, 6) is -0.197. The number of hydrogen-bond acceptors (Lipinski definition) is 5. The summed E-state index contributed by atoms with van der Waals surface area (Å²) in [6.07, 6.45) is 0. The van der Waals surface area contributed by atoms with Gasteiger partial charge in [-0.1, -0.05) is 12.1 Å². The van der Waals surface area contributed by atoms with Crippen molar-refractivity contribution in [2.24, 2.45) is 0 Å². The molecule has 0 bridgehead atoms. The van der Waals surface area contributed by atoms with E-state index in [4.69, 9.17) is 4.74 Å². The summed E-state index contributed by atoms with van der Waals surface area (Å²) >= 11 is 1.60. The van der Waals surface area contributed by atoms with E-state index in [2.05, 4.69) is 10.3 Å². The van der Waals surface area contributed by atoms with Gasteiger partial charge in [0.05, 0.1) is 17.3 Å². The molecule has 0 saturated carbocycles. The van der Waals surface area contributed by atoms with Gasteiger partial charge in [0.1, 0.15) is 5.60 Å². The average Bonchev–Trinajstić information content (AvgIpc) is 2.99. The third-order valence-corrected chi connectivity index (χ3v) is 4.29. The molecule has 22 heavy (non-hydrogen) atoms. The highest BCUT2D eigenvalue weighted by Gasteiger charge is 2.23. The number of amides is 1. The molecule has 0 saturated heterocycles. The second kappa shape index (κ2) is 7.00. The molecule has 1 heterocycles. The van der Waals surface area contributed by atoms with Crippen molar-refractivity contribution in [3.63, 3.8) is 0 Å². The monoisotopic (exact) mass is 320 g/mol. The van der Waals surface area contributed by atoms with E-state index in [1.165, 1.54) is 7.11 Å². The fraction of sp³-hybridized carbons (Fsp3) is 0.375. The molecule has 0 fully saturated rings. The predicted octanol–water partition coefficient (Wildman–Crippen LogP) is 2.25. The molecule has 1 unspecified atom stereocenters. The third kappa shape index (κ3) is 3.91. The van der Waals surface area contributed by atoms with Crippen LogP contribution in [0.25, 0.3) is 11.3 Å². The van der Waals surface area contributed by atoms with Crippen molar-refractivity contribution in [2.45, 2.75) is 19.4 Å². The van der Waals surface area contributed by atoms with E-state index >= 15 is 0 Å². The van der Waals surface area contributed by atoms with Gasteiger partial charge in [0.2, 0.25) is 0 Å². The van der Waals surface area contributed by atoms with Gasteiger partial charge in [-0.2, -0.15) is 0 Å². The Morgan fingerprint density at radius 3 is 2.59 bits per heavy atom. The number of aliphatic hydroxyl groups is 1. The molecule has 1 atom stereocenters. The number of carbonyl (C=O) groups excluding carboxylic acids is 1. The van der Waals surface area contributed by atoms with Crippen molar-refractivity contribution < 1.29 is 14.6 Å². The summed E-state index contributed by atoms with van der Waals surface area (Å²) in [6.45, 7) is 3.78. The summed E-state index contributed by atoms with van der Waals surface area (Å²) in [5.41, 5.74) is 1.69. The van der Waals surface area contributed by atoms with Crippen LogP contribution in [0.2, 0.25) is 0 Å². The summed E-state index contributed by atoms with van der Waals surface area (Å²) in [6, 6.07) is 7.29. The van der Waals surface area contributed by atoms with E-state index in [9.17, 15) is 9.90 Å². The molecule has 0 aliphatic rings. The highest BCUT2D eigenvalue weighted by Crippen LogP contribution is 2.21. The number of nitrogens with one attached hydrogen (secondary N) is 1. The van der Waals surface area contributed by atoms with E-state index in [-0.39, 0.29) is 19.1 Å². The maximum Gasteiger partial charge on any atom is 0.251 e. The molecule has 1 aromatic heterocycles. The van der Waals surface area contributed by atoms with E-state index < -0.39 is 5.60 Å². The first-order valence-electron chi connectivity index (χ1n) is 6.94. The molecule has 2 aromatic rings. The zero-order chi connectivity index (χ0) is 16.2. The largest absolute Gasteiger partial charge is 0.393 e. The van der Waals surface area contributed by atoms with Crippen LogP contribution in [0.1, 0.15) is 22.3 Å². The van der Waals surface area contributed by atoms with Gasteiger partial charge in [0.25, 0.3) is 5.91 Å². The minimum Gasteiger partial charge on any atom is -0.393 e. The minimum atomic E-state index is -0.770. The average molecular weight is 320 g/mol. The Morgan fingerprint density at radius 1 is 1.41 bits per heavy atom. The third-order valence-electron chi connectivity index (χ3n) is 3.51. The number of aryl methyl sites for hydroxylation is 1. The van der Waals surface area contributed by atoms with Crippen molar-refractivity contribution >= 4 is 17.2 Å². The Labute approximate surface area is 134 Å². The smallest absolute Gasteiger partial charge is 0.251 e. The van der Waals surface area contributed by atoms with Crippen LogP contribution in [0.15, 0.2) is 29.6 Å². The first-order chi connectivity index (χ1) is 10.5. The highest BCUT2D eigenvalue weighted by atomic mass is 32.1. The van der Waals surface area contributed by atoms with Crippen molar-refractivity contribution in [2.75, 3.05) is 20.3 Å². The number of benzene rings is 1. The summed E-state index contributed by atoms with van der Waals surface area (Å²) < 4.78 is 5.18. The zero-order valence-corrected chi connectivity index (χ0v) is 13.7. The molecule has 5 nitrogen and oxygen atoms in total. The lowest BCUT2D eigenvalue weighted by Crippen LogP contribution is -2.44. The number of aromatic nitrogens is 1. The van der Waals surface area contributed by atoms with Crippen molar-refractivity contribution in [1.29, 1.82) is 0 Å². The Morgan fingerprint density at radius 2 is 2.09 bits per heavy atom. The van der Waals surface area contributed by atoms with Crippen LogP contribution in [0.5, 0.6) is 0 Å². The van der Waals surface area contributed by atoms with Gasteiger partial charge in [-0.15, -0.1) is 11.3 Å². The van der Waals surface area contributed by atoms with E-state index in [1.54, 1.807) is 30.4 Å². The molecule has 2 rings (SSSR count). The molecular weight excluding hydrogens is 300 g/mol. The first kappa shape index (κ1) is 16.6. The molecule has 0 spiro atoms. The van der Waals surface area contributed by atoms with Crippen LogP contribution in [0.3, 0.4) is 0 Å². The summed E-state index contributed by atoms with van der Waals surface area (Å²) in [4.78, 5) is 16.5. The topological polar surface area (TPSA) is 71.5 Å². The quantitative estimate of drug-likeness (QED) is 0.856. The number of hydrogen-bond donors (Lipinski definition) is 2. The molecule has 0 aliphatic carbocycles. The van der Waals surface area contributed by atoms with Crippen LogP contribution in [0.4, 0.5) is 0 Å². The lowest BCUT2D eigenvalue weighted by molar-refractivity contribution is -0.0347. The molecule has 0 radical (unpaired) electrons. The number of ether oxygens (including phenoxy) is 1. The highest BCUT2D eigenvalue weighted by molar-refractivity contribution is 7.09. The normalized spacial score (nSPS) is 13.6. The van der Waals surface area contributed by atoms with Crippen molar-refractivity contribution in [1.82, 2.24) is 10.3 Å². The lowest BCUT2D eigenvalue weighted by atomic mass is 10.1. The molecule has 1 aromatic carbocycles. The maximum absolute atomic E-state index is 12.1. The van der Waals surface area contributed by atoms with Gasteiger partial charge in [0, 0.05) is 30.2 Å². The van der Waals surface area contributed by atoms with Gasteiger partial charge in [-0.3, -0.25) is 4.79 Å². The number of thiazole rings is 1. The number of aliphatic hydroxyl groups excluding tert-OH is 1. The second-order valence-corrected chi connectivity index (χ2v) is 6.39. The predicted molar refractivity (Wildman–Crippen MR) is 87.1 cm³/mol. The Hall–Kier alpha value is -1.76. The Balaban J connectivity index is 2.02.